The fourth-order valence-corrected chi connectivity index (χ4v) is 1.90. The van der Waals surface area contributed by atoms with E-state index in [1.165, 1.54) is 0 Å². The third kappa shape index (κ3) is 4.80. The zero-order valence-corrected chi connectivity index (χ0v) is 11.7. The molecule has 0 amide bonds. The third-order valence-electron chi connectivity index (χ3n) is 2.53. The lowest BCUT2D eigenvalue weighted by molar-refractivity contribution is 0.323. The van der Waals surface area contributed by atoms with Gasteiger partial charge in [0.2, 0.25) is 0 Å². The van der Waals surface area contributed by atoms with Crippen LogP contribution in [0, 0.1) is 12.3 Å². The molecule has 2 nitrogen and oxygen atoms in total. The lowest BCUT2D eigenvalue weighted by atomic mass is 10.0. The van der Waals surface area contributed by atoms with E-state index in [-0.39, 0.29) is 6.04 Å². The van der Waals surface area contributed by atoms with Gasteiger partial charge in [0.1, 0.15) is 5.75 Å². The number of rotatable bonds is 6. The third-order valence-corrected chi connectivity index (χ3v) is 3.03. The highest BCUT2D eigenvalue weighted by molar-refractivity contribution is 9.10. The highest BCUT2D eigenvalue weighted by atomic mass is 79.9. The molecule has 0 aliphatic rings. The molecule has 1 atom stereocenters. The molecular weight excluding hydrogens is 278 g/mol. The maximum Gasteiger partial charge on any atom is 0.122 e. The van der Waals surface area contributed by atoms with Gasteiger partial charge in [0.15, 0.2) is 0 Å². The Balaban J connectivity index is 2.77. The number of benzene rings is 1. The molecular formula is C14H18BrNO. The van der Waals surface area contributed by atoms with Gasteiger partial charge >= 0.3 is 0 Å². The molecule has 0 radical (unpaired) electrons. The molecule has 0 spiro atoms. The van der Waals surface area contributed by atoms with Crippen molar-refractivity contribution in [3.63, 3.8) is 0 Å². The Labute approximate surface area is 112 Å². The van der Waals surface area contributed by atoms with Gasteiger partial charge in [-0.3, -0.25) is 0 Å². The van der Waals surface area contributed by atoms with Gasteiger partial charge in [-0.05, 0) is 36.6 Å². The van der Waals surface area contributed by atoms with Crippen molar-refractivity contribution in [2.24, 2.45) is 5.73 Å². The zero-order chi connectivity index (χ0) is 12.7. The van der Waals surface area contributed by atoms with E-state index >= 15 is 0 Å². The normalized spacial score (nSPS) is 11.9. The summed E-state index contributed by atoms with van der Waals surface area (Å²) in [6.45, 7) is 2.63. The summed E-state index contributed by atoms with van der Waals surface area (Å²) in [5.41, 5.74) is 7.11. The number of nitrogens with two attached hydrogens (primary N) is 1. The van der Waals surface area contributed by atoms with E-state index in [0.717, 1.165) is 28.6 Å². The van der Waals surface area contributed by atoms with Crippen molar-refractivity contribution >= 4 is 15.9 Å². The van der Waals surface area contributed by atoms with Crippen LogP contribution in [0.15, 0.2) is 22.7 Å². The maximum absolute atomic E-state index is 5.98. The maximum atomic E-state index is 5.98. The Morgan fingerprint density at radius 3 is 2.94 bits per heavy atom. The summed E-state index contributed by atoms with van der Waals surface area (Å²) >= 11 is 3.46. The first-order chi connectivity index (χ1) is 8.17. The van der Waals surface area contributed by atoms with Crippen molar-refractivity contribution in [2.45, 2.75) is 32.2 Å². The summed E-state index contributed by atoms with van der Waals surface area (Å²) in [5, 5.41) is 0. The minimum atomic E-state index is 0.166. The molecule has 1 aromatic rings. The quantitative estimate of drug-likeness (QED) is 0.646. The average Bonchev–Trinajstić information content (AvgIpc) is 2.32. The van der Waals surface area contributed by atoms with Crippen LogP contribution in [0.25, 0.3) is 0 Å². The second-order valence-electron chi connectivity index (χ2n) is 3.93. The van der Waals surface area contributed by atoms with Crippen molar-refractivity contribution in [3.05, 3.63) is 28.2 Å². The first-order valence-corrected chi connectivity index (χ1v) is 6.57. The van der Waals surface area contributed by atoms with Crippen LogP contribution in [-0.4, -0.2) is 12.6 Å². The highest BCUT2D eigenvalue weighted by Crippen LogP contribution is 2.24. The van der Waals surface area contributed by atoms with E-state index in [2.05, 4.69) is 34.8 Å². The standard InChI is InChI=1S/C14H18BrNO/c1-3-5-8-17-14-7-6-12(15)9-11(14)10-13(16)4-2/h1,6-7,9,13H,4-5,8,10,16H2,2H3. The molecule has 2 N–H and O–H groups in total. The van der Waals surface area contributed by atoms with Crippen molar-refractivity contribution in [3.8, 4) is 18.1 Å². The molecule has 1 rings (SSSR count). The van der Waals surface area contributed by atoms with E-state index in [4.69, 9.17) is 16.9 Å². The SMILES string of the molecule is C#CCCOc1ccc(Br)cc1CC(N)CC. The molecule has 17 heavy (non-hydrogen) atoms. The van der Waals surface area contributed by atoms with E-state index in [0.29, 0.717) is 13.0 Å². The van der Waals surface area contributed by atoms with Crippen molar-refractivity contribution in [1.82, 2.24) is 0 Å². The van der Waals surface area contributed by atoms with E-state index in [1.54, 1.807) is 0 Å². The predicted octanol–water partition coefficient (Wildman–Crippen LogP) is 3.13. The van der Waals surface area contributed by atoms with Crippen LogP contribution < -0.4 is 10.5 Å². The van der Waals surface area contributed by atoms with Crippen LogP contribution in [-0.2, 0) is 6.42 Å². The first-order valence-electron chi connectivity index (χ1n) is 5.77. The number of hydrogen-bond donors (Lipinski definition) is 1. The minimum absolute atomic E-state index is 0.166. The molecule has 0 aliphatic carbocycles. The van der Waals surface area contributed by atoms with Gasteiger partial charge in [0.25, 0.3) is 0 Å². The molecule has 0 fully saturated rings. The summed E-state index contributed by atoms with van der Waals surface area (Å²) in [4.78, 5) is 0. The Kier molecular flexibility index (Phi) is 6.10. The Morgan fingerprint density at radius 2 is 2.29 bits per heavy atom. The van der Waals surface area contributed by atoms with E-state index in [1.807, 2.05) is 12.1 Å². The van der Waals surface area contributed by atoms with Crippen LogP contribution in [0.3, 0.4) is 0 Å². The van der Waals surface area contributed by atoms with Gasteiger partial charge in [-0.15, -0.1) is 12.3 Å². The van der Waals surface area contributed by atoms with Crippen molar-refractivity contribution in [2.75, 3.05) is 6.61 Å². The summed E-state index contributed by atoms with van der Waals surface area (Å²) in [6.07, 6.45) is 7.60. The fourth-order valence-electron chi connectivity index (χ4n) is 1.50. The first kappa shape index (κ1) is 14.1. The lowest BCUT2D eigenvalue weighted by Gasteiger charge is -2.14. The molecule has 0 aliphatic heterocycles. The number of ether oxygens (including phenoxy) is 1. The average molecular weight is 296 g/mol. The fraction of sp³-hybridized carbons (Fsp3) is 0.429. The van der Waals surface area contributed by atoms with Gasteiger partial charge in [0.05, 0.1) is 6.61 Å². The summed E-state index contributed by atoms with van der Waals surface area (Å²) < 4.78 is 6.70. The largest absolute Gasteiger partial charge is 0.492 e. The molecule has 0 heterocycles. The van der Waals surface area contributed by atoms with Gasteiger partial charge in [0, 0.05) is 16.9 Å². The Morgan fingerprint density at radius 1 is 1.53 bits per heavy atom. The molecule has 0 aromatic heterocycles. The predicted molar refractivity (Wildman–Crippen MR) is 75.1 cm³/mol. The molecule has 1 aromatic carbocycles. The van der Waals surface area contributed by atoms with Crippen LogP contribution >= 0.6 is 15.9 Å². The molecule has 0 bridgehead atoms. The van der Waals surface area contributed by atoms with Gasteiger partial charge < -0.3 is 10.5 Å². The van der Waals surface area contributed by atoms with Gasteiger partial charge in [-0.1, -0.05) is 22.9 Å². The number of halogens is 1. The second-order valence-corrected chi connectivity index (χ2v) is 4.84. The summed E-state index contributed by atoms with van der Waals surface area (Å²) in [5.74, 6) is 3.44. The topological polar surface area (TPSA) is 35.2 Å². The van der Waals surface area contributed by atoms with Gasteiger partial charge in [-0.25, -0.2) is 0 Å². The number of terminal acetylenes is 1. The van der Waals surface area contributed by atoms with Gasteiger partial charge in [-0.2, -0.15) is 0 Å². The highest BCUT2D eigenvalue weighted by Gasteiger charge is 2.08. The molecule has 1 unspecified atom stereocenters. The minimum Gasteiger partial charge on any atom is -0.492 e. The van der Waals surface area contributed by atoms with Crippen molar-refractivity contribution < 1.29 is 4.74 Å². The smallest absolute Gasteiger partial charge is 0.122 e. The monoisotopic (exact) mass is 295 g/mol. The van der Waals surface area contributed by atoms with Crippen LogP contribution in [0.2, 0.25) is 0 Å². The molecule has 92 valence electrons. The van der Waals surface area contributed by atoms with Crippen LogP contribution in [0.4, 0.5) is 0 Å². The summed E-state index contributed by atoms with van der Waals surface area (Å²) in [6, 6.07) is 6.14. The Hall–Kier alpha value is -0.980. The Bertz CT molecular complexity index is 398. The van der Waals surface area contributed by atoms with Crippen molar-refractivity contribution in [1.29, 1.82) is 0 Å². The zero-order valence-electron chi connectivity index (χ0n) is 10.1. The van der Waals surface area contributed by atoms with E-state index in [9.17, 15) is 0 Å². The second kappa shape index (κ2) is 7.37. The summed E-state index contributed by atoms with van der Waals surface area (Å²) in [7, 11) is 0. The lowest BCUT2D eigenvalue weighted by Crippen LogP contribution is -2.21. The van der Waals surface area contributed by atoms with E-state index < -0.39 is 0 Å². The molecule has 0 saturated heterocycles. The number of hydrogen-bond acceptors (Lipinski definition) is 2. The van der Waals surface area contributed by atoms with Crippen LogP contribution in [0.1, 0.15) is 25.3 Å². The molecule has 3 heteroatoms. The molecule has 0 saturated carbocycles. The van der Waals surface area contributed by atoms with Crippen LogP contribution in [0.5, 0.6) is 5.75 Å².